The van der Waals surface area contributed by atoms with Crippen LogP contribution in [0, 0.1) is 6.92 Å². The van der Waals surface area contributed by atoms with Crippen molar-refractivity contribution in [3.05, 3.63) is 105 Å². The zero-order valence-electron chi connectivity index (χ0n) is 21.9. The average Bonchev–Trinajstić information content (AvgIpc) is 2.95. The minimum atomic E-state index is -0.540. The summed E-state index contributed by atoms with van der Waals surface area (Å²) in [5.41, 5.74) is 5.11. The Balaban J connectivity index is 1.56. The van der Waals surface area contributed by atoms with Crippen molar-refractivity contribution in [1.29, 1.82) is 0 Å². The molecule has 2 aliphatic heterocycles. The SMILES string of the molecule is CCc1cccc(CC)c1N1C(=O)c2ccc3c4c(ccc(c24)C1=O)C(=O)N(c1cc(CO)ccc1C)C3=O. The number of nitrogens with zero attached hydrogens (tertiary/aromatic N) is 2. The van der Waals surface area contributed by atoms with Crippen LogP contribution in [0.1, 0.15) is 77.5 Å². The molecule has 4 amide bonds. The fraction of sp³-hybridized carbons (Fsp3) is 0.188. The van der Waals surface area contributed by atoms with E-state index < -0.39 is 23.6 Å². The summed E-state index contributed by atoms with van der Waals surface area (Å²) in [6.45, 7) is 5.52. The lowest BCUT2D eigenvalue weighted by atomic mass is 9.85. The summed E-state index contributed by atoms with van der Waals surface area (Å²) < 4.78 is 0. The third-order valence-electron chi connectivity index (χ3n) is 7.78. The first kappa shape index (κ1) is 24.7. The molecule has 6 rings (SSSR count). The fourth-order valence-corrected chi connectivity index (χ4v) is 5.79. The zero-order chi connectivity index (χ0) is 27.6. The molecule has 0 atom stereocenters. The first-order valence-corrected chi connectivity index (χ1v) is 13.0. The van der Waals surface area contributed by atoms with E-state index in [4.69, 9.17) is 0 Å². The third kappa shape index (κ3) is 3.40. The van der Waals surface area contributed by atoms with Gasteiger partial charge in [-0.25, -0.2) is 9.80 Å². The summed E-state index contributed by atoms with van der Waals surface area (Å²) in [6, 6.07) is 17.2. The van der Waals surface area contributed by atoms with Crippen molar-refractivity contribution < 1.29 is 24.3 Å². The molecule has 4 aromatic rings. The first-order valence-electron chi connectivity index (χ1n) is 13.0. The summed E-state index contributed by atoms with van der Waals surface area (Å²) in [6.07, 6.45) is 1.30. The van der Waals surface area contributed by atoms with Crippen LogP contribution in [-0.2, 0) is 19.4 Å². The summed E-state index contributed by atoms with van der Waals surface area (Å²) >= 11 is 0. The molecule has 0 fully saturated rings. The molecule has 0 saturated heterocycles. The van der Waals surface area contributed by atoms with E-state index >= 15 is 0 Å². The normalized spacial score (nSPS) is 14.6. The van der Waals surface area contributed by atoms with E-state index in [0.717, 1.165) is 16.0 Å². The Bertz CT molecular complexity index is 1680. The highest BCUT2D eigenvalue weighted by molar-refractivity contribution is 6.42. The molecule has 2 aliphatic rings. The lowest BCUT2D eigenvalue weighted by molar-refractivity contribution is 0.0872. The van der Waals surface area contributed by atoms with Gasteiger partial charge < -0.3 is 5.11 Å². The van der Waals surface area contributed by atoms with Gasteiger partial charge in [-0.3, -0.25) is 19.2 Å². The molecular formula is C32H26N2O5. The van der Waals surface area contributed by atoms with Gasteiger partial charge in [-0.2, -0.15) is 0 Å². The molecule has 0 saturated carbocycles. The molecule has 7 heteroatoms. The number of hydrogen-bond acceptors (Lipinski definition) is 5. The van der Waals surface area contributed by atoms with E-state index in [1.165, 1.54) is 4.90 Å². The van der Waals surface area contributed by atoms with Gasteiger partial charge in [0.25, 0.3) is 23.6 Å². The summed E-state index contributed by atoms with van der Waals surface area (Å²) in [5.74, 6) is -2.02. The molecule has 7 nitrogen and oxygen atoms in total. The van der Waals surface area contributed by atoms with E-state index in [-0.39, 0.29) is 28.9 Å². The molecule has 2 heterocycles. The summed E-state index contributed by atoms with van der Waals surface area (Å²) in [5, 5.41) is 10.3. The second-order valence-electron chi connectivity index (χ2n) is 9.87. The topological polar surface area (TPSA) is 95.0 Å². The van der Waals surface area contributed by atoms with Gasteiger partial charge in [0.1, 0.15) is 0 Å². The highest BCUT2D eigenvalue weighted by atomic mass is 16.3. The van der Waals surface area contributed by atoms with Crippen LogP contribution >= 0.6 is 0 Å². The number of amides is 4. The minimum absolute atomic E-state index is 0.232. The molecule has 0 radical (unpaired) electrons. The number of aliphatic hydroxyl groups excluding tert-OH is 1. The number of carbonyl (C=O) groups excluding carboxylic acids is 4. The van der Waals surface area contributed by atoms with Crippen molar-refractivity contribution in [2.24, 2.45) is 0 Å². The van der Waals surface area contributed by atoms with E-state index in [0.29, 0.717) is 46.1 Å². The molecule has 194 valence electrons. The van der Waals surface area contributed by atoms with Crippen LogP contribution in [0.25, 0.3) is 10.8 Å². The maximum absolute atomic E-state index is 13.9. The number of aryl methyl sites for hydroxylation is 3. The predicted molar refractivity (Wildman–Crippen MR) is 149 cm³/mol. The number of para-hydroxylation sites is 1. The van der Waals surface area contributed by atoms with Crippen molar-refractivity contribution in [3.63, 3.8) is 0 Å². The smallest absolute Gasteiger partial charge is 0.266 e. The van der Waals surface area contributed by atoms with Crippen LogP contribution in [0.4, 0.5) is 11.4 Å². The maximum atomic E-state index is 13.9. The first-order chi connectivity index (χ1) is 18.8. The quantitative estimate of drug-likeness (QED) is 0.359. The minimum Gasteiger partial charge on any atom is -0.392 e. The van der Waals surface area contributed by atoms with Crippen LogP contribution in [0.15, 0.2) is 60.7 Å². The van der Waals surface area contributed by atoms with Gasteiger partial charge in [0.2, 0.25) is 0 Å². The van der Waals surface area contributed by atoms with Crippen LogP contribution in [-0.4, -0.2) is 28.7 Å². The predicted octanol–water partition coefficient (Wildman–Crippen LogP) is 5.37. The maximum Gasteiger partial charge on any atom is 0.266 e. The van der Waals surface area contributed by atoms with Crippen LogP contribution < -0.4 is 9.80 Å². The number of hydrogen-bond donors (Lipinski definition) is 1. The van der Waals surface area contributed by atoms with Crippen LogP contribution in [0.2, 0.25) is 0 Å². The molecule has 39 heavy (non-hydrogen) atoms. The molecule has 1 N–H and O–H groups in total. The largest absolute Gasteiger partial charge is 0.392 e. The monoisotopic (exact) mass is 518 g/mol. The Hall–Kier alpha value is -4.62. The molecule has 0 spiro atoms. The van der Waals surface area contributed by atoms with E-state index in [2.05, 4.69) is 0 Å². The lowest BCUT2D eigenvalue weighted by Crippen LogP contribution is -2.44. The van der Waals surface area contributed by atoms with Crippen molar-refractivity contribution >= 4 is 45.8 Å². The molecular weight excluding hydrogens is 492 g/mol. The van der Waals surface area contributed by atoms with Gasteiger partial charge in [0.05, 0.1) is 18.0 Å². The highest BCUT2D eigenvalue weighted by Gasteiger charge is 2.41. The number of imide groups is 2. The van der Waals surface area contributed by atoms with Crippen molar-refractivity contribution in [1.82, 2.24) is 0 Å². The van der Waals surface area contributed by atoms with Crippen molar-refractivity contribution in [2.45, 2.75) is 40.2 Å². The van der Waals surface area contributed by atoms with Gasteiger partial charge in [0.15, 0.2) is 0 Å². The number of anilines is 2. The molecule has 4 aromatic carbocycles. The van der Waals surface area contributed by atoms with Crippen LogP contribution in [0.3, 0.4) is 0 Å². The number of benzene rings is 4. The van der Waals surface area contributed by atoms with Gasteiger partial charge in [-0.05, 0) is 72.4 Å². The Kier molecular flexibility index (Phi) is 5.70. The summed E-state index contributed by atoms with van der Waals surface area (Å²) in [7, 11) is 0. The van der Waals surface area contributed by atoms with E-state index in [9.17, 15) is 24.3 Å². The van der Waals surface area contributed by atoms with E-state index in [1.54, 1.807) is 49.4 Å². The van der Waals surface area contributed by atoms with Gasteiger partial charge in [-0.1, -0.05) is 44.2 Å². The molecule has 0 bridgehead atoms. The second kappa shape index (κ2) is 8.99. The lowest BCUT2D eigenvalue weighted by Gasteiger charge is -2.33. The number of carbonyl (C=O) groups is 4. The standard InChI is InChI=1S/C32H26N2O5/c1-4-19-7-6-8-20(5-2)28(19)34-31(38)23-13-11-21-26-22(12-14-24(27(23)26)32(34)39)30(37)33(29(21)36)25-15-18(16-35)10-9-17(25)3/h6-15,35H,4-5,16H2,1-3H3. The average molecular weight is 519 g/mol. The van der Waals surface area contributed by atoms with Gasteiger partial charge in [0, 0.05) is 33.0 Å². The zero-order valence-corrected chi connectivity index (χ0v) is 21.9. The third-order valence-corrected chi connectivity index (χ3v) is 7.78. The molecule has 0 aliphatic carbocycles. The highest BCUT2D eigenvalue weighted by Crippen LogP contribution is 2.41. The molecule has 0 unspecified atom stereocenters. The Morgan fingerprint density at radius 2 is 1.10 bits per heavy atom. The summed E-state index contributed by atoms with van der Waals surface area (Å²) in [4.78, 5) is 57.8. The van der Waals surface area contributed by atoms with E-state index in [1.807, 2.05) is 32.0 Å². The van der Waals surface area contributed by atoms with Crippen molar-refractivity contribution in [3.8, 4) is 0 Å². The van der Waals surface area contributed by atoms with Crippen molar-refractivity contribution in [2.75, 3.05) is 9.80 Å². The van der Waals surface area contributed by atoms with Crippen LogP contribution in [0.5, 0.6) is 0 Å². The Morgan fingerprint density at radius 1 is 0.641 bits per heavy atom. The second-order valence-corrected chi connectivity index (χ2v) is 9.87. The Morgan fingerprint density at radius 3 is 1.54 bits per heavy atom. The number of rotatable bonds is 5. The van der Waals surface area contributed by atoms with Gasteiger partial charge >= 0.3 is 0 Å². The Labute approximate surface area is 225 Å². The fourth-order valence-electron chi connectivity index (χ4n) is 5.79. The molecule has 0 aromatic heterocycles. The number of aliphatic hydroxyl groups is 1. The van der Waals surface area contributed by atoms with Gasteiger partial charge in [-0.15, -0.1) is 0 Å².